The fourth-order valence-corrected chi connectivity index (χ4v) is 3.78. The van der Waals surface area contributed by atoms with Gasteiger partial charge in [0.05, 0.1) is 29.4 Å². The van der Waals surface area contributed by atoms with Crippen molar-refractivity contribution in [2.45, 2.75) is 19.8 Å². The Hall–Kier alpha value is -1.64. The molecule has 1 aromatic rings. The van der Waals surface area contributed by atoms with Gasteiger partial charge in [-0.05, 0) is 38.0 Å². The largest absolute Gasteiger partial charge is 0.462 e. The van der Waals surface area contributed by atoms with Crippen molar-refractivity contribution in [3.63, 3.8) is 0 Å². The molecule has 0 aromatic heterocycles. The molecule has 0 radical (unpaired) electrons. The van der Waals surface area contributed by atoms with Crippen molar-refractivity contribution in [2.75, 3.05) is 31.3 Å². The van der Waals surface area contributed by atoms with Crippen LogP contribution in [0.3, 0.4) is 0 Å². The van der Waals surface area contributed by atoms with Crippen LogP contribution < -0.4 is 5.32 Å². The molecule has 0 bridgehead atoms. The van der Waals surface area contributed by atoms with Gasteiger partial charge in [0.15, 0.2) is 0 Å². The smallest absolute Gasteiger partial charge is 0.339 e. The van der Waals surface area contributed by atoms with Crippen molar-refractivity contribution in [2.24, 2.45) is 5.92 Å². The van der Waals surface area contributed by atoms with E-state index in [4.69, 9.17) is 16.3 Å². The second-order valence-electron chi connectivity index (χ2n) is 5.86. The fraction of sp³-hybridized carbons (Fsp3) is 0.500. The van der Waals surface area contributed by atoms with Crippen molar-refractivity contribution in [3.8, 4) is 0 Å². The Morgan fingerprint density at radius 1 is 1.40 bits per heavy atom. The molecule has 1 amide bonds. The van der Waals surface area contributed by atoms with Crippen LogP contribution in [0.4, 0.5) is 5.69 Å². The Bertz CT molecular complexity index is 766. The summed E-state index contributed by atoms with van der Waals surface area (Å²) in [6.07, 6.45) is 2.37. The summed E-state index contributed by atoms with van der Waals surface area (Å²) in [4.78, 5) is 24.3. The normalized spacial score (nSPS) is 18.6. The Balaban J connectivity index is 2.10. The molecule has 0 saturated carbocycles. The molecule has 1 fully saturated rings. The van der Waals surface area contributed by atoms with Crippen LogP contribution in [-0.2, 0) is 19.6 Å². The number of sulfonamides is 1. The summed E-state index contributed by atoms with van der Waals surface area (Å²) in [6.45, 7) is 2.49. The Labute approximate surface area is 152 Å². The Morgan fingerprint density at radius 3 is 2.76 bits per heavy atom. The van der Waals surface area contributed by atoms with Crippen LogP contribution in [-0.4, -0.2) is 50.6 Å². The van der Waals surface area contributed by atoms with Crippen molar-refractivity contribution in [3.05, 3.63) is 28.8 Å². The monoisotopic (exact) mass is 388 g/mol. The number of carbonyl (C=O) groups is 2. The number of hydrogen-bond acceptors (Lipinski definition) is 5. The molecule has 0 spiro atoms. The molecule has 1 heterocycles. The summed E-state index contributed by atoms with van der Waals surface area (Å²) in [5.41, 5.74) is 0.580. The number of nitrogens with one attached hydrogen (secondary N) is 1. The van der Waals surface area contributed by atoms with Crippen LogP contribution in [0.15, 0.2) is 18.2 Å². The van der Waals surface area contributed by atoms with Gasteiger partial charge in [-0.1, -0.05) is 11.6 Å². The number of halogens is 1. The van der Waals surface area contributed by atoms with E-state index in [0.717, 1.165) is 6.26 Å². The van der Waals surface area contributed by atoms with Crippen molar-refractivity contribution in [1.82, 2.24) is 4.31 Å². The lowest BCUT2D eigenvalue weighted by Gasteiger charge is -2.30. The van der Waals surface area contributed by atoms with Gasteiger partial charge in [0, 0.05) is 18.8 Å². The topological polar surface area (TPSA) is 92.8 Å². The first kappa shape index (κ1) is 19.7. The zero-order valence-corrected chi connectivity index (χ0v) is 15.7. The van der Waals surface area contributed by atoms with Gasteiger partial charge in [0.2, 0.25) is 15.9 Å². The van der Waals surface area contributed by atoms with E-state index in [9.17, 15) is 18.0 Å². The molecule has 138 valence electrons. The first-order valence-electron chi connectivity index (χ1n) is 7.95. The molecule has 0 aliphatic carbocycles. The predicted octanol–water partition coefficient (Wildman–Crippen LogP) is 2.13. The highest BCUT2D eigenvalue weighted by Crippen LogP contribution is 2.24. The molecule has 2 rings (SSSR count). The molecule has 1 aliphatic rings. The van der Waals surface area contributed by atoms with E-state index >= 15 is 0 Å². The van der Waals surface area contributed by atoms with E-state index in [0.29, 0.717) is 25.1 Å². The Morgan fingerprint density at radius 2 is 2.12 bits per heavy atom. The molecule has 7 nitrogen and oxygen atoms in total. The van der Waals surface area contributed by atoms with Crippen LogP contribution in [0.1, 0.15) is 30.1 Å². The number of benzene rings is 1. The van der Waals surface area contributed by atoms with Crippen LogP contribution in [0.25, 0.3) is 0 Å². The number of rotatable bonds is 5. The van der Waals surface area contributed by atoms with Gasteiger partial charge in [-0.15, -0.1) is 0 Å². The SMILES string of the molecule is CCOC(=O)c1cc(NC(=O)C2CCCN(S(C)(=O)=O)C2)ccc1Cl. The lowest BCUT2D eigenvalue weighted by atomic mass is 9.98. The first-order valence-corrected chi connectivity index (χ1v) is 10.2. The first-order chi connectivity index (χ1) is 11.7. The van der Waals surface area contributed by atoms with Crippen LogP contribution in [0.2, 0.25) is 5.02 Å². The lowest BCUT2D eigenvalue weighted by molar-refractivity contribution is -0.120. The molecule has 1 saturated heterocycles. The van der Waals surface area contributed by atoms with Crippen LogP contribution in [0.5, 0.6) is 0 Å². The number of carbonyl (C=O) groups excluding carboxylic acids is 2. The number of hydrogen-bond donors (Lipinski definition) is 1. The molecule has 1 N–H and O–H groups in total. The Kier molecular flexibility index (Phi) is 6.42. The lowest BCUT2D eigenvalue weighted by Crippen LogP contribution is -2.43. The number of piperidine rings is 1. The van der Waals surface area contributed by atoms with E-state index in [1.54, 1.807) is 13.0 Å². The summed E-state index contributed by atoms with van der Waals surface area (Å²) in [7, 11) is -3.32. The molecular formula is C16H21ClN2O5S. The third-order valence-electron chi connectivity index (χ3n) is 3.95. The highest BCUT2D eigenvalue weighted by molar-refractivity contribution is 7.88. The number of anilines is 1. The minimum Gasteiger partial charge on any atom is -0.462 e. The van der Waals surface area contributed by atoms with E-state index in [-0.39, 0.29) is 29.6 Å². The van der Waals surface area contributed by atoms with Crippen molar-refractivity contribution in [1.29, 1.82) is 0 Å². The fourth-order valence-electron chi connectivity index (χ4n) is 2.67. The summed E-state index contributed by atoms with van der Waals surface area (Å²) in [5.74, 6) is -1.29. The average molecular weight is 389 g/mol. The van der Waals surface area contributed by atoms with Crippen molar-refractivity contribution >= 4 is 39.2 Å². The summed E-state index contributed by atoms with van der Waals surface area (Å²) in [6, 6.07) is 4.54. The van der Waals surface area contributed by atoms with Crippen molar-refractivity contribution < 1.29 is 22.7 Å². The highest BCUT2D eigenvalue weighted by Gasteiger charge is 2.30. The molecular weight excluding hydrogens is 368 g/mol. The number of ether oxygens (including phenoxy) is 1. The zero-order valence-electron chi connectivity index (χ0n) is 14.1. The van der Waals surface area contributed by atoms with Crippen LogP contribution >= 0.6 is 11.6 Å². The minimum atomic E-state index is -3.32. The number of amides is 1. The molecule has 1 aliphatic heterocycles. The zero-order chi connectivity index (χ0) is 18.6. The van der Waals surface area contributed by atoms with Gasteiger partial charge < -0.3 is 10.1 Å². The maximum atomic E-state index is 12.5. The molecule has 1 unspecified atom stereocenters. The maximum Gasteiger partial charge on any atom is 0.339 e. The van der Waals surface area contributed by atoms with Gasteiger partial charge in [-0.2, -0.15) is 0 Å². The molecule has 1 aromatic carbocycles. The second kappa shape index (κ2) is 8.16. The molecule has 9 heteroatoms. The van der Waals surface area contributed by atoms with Gasteiger partial charge in [0.1, 0.15) is 0 Å². The second-order valence-corrected chi connectivity index (χ2v) is 8.25. The number of nitrogens with zero attached hydrogens (tertiary/aromatic N) is 1. The van der Waals surface area contributed by atoms with Crippen LogP contribution in [0, 0.1) is 5.92 Å². The van der Waals surface area contributed by atoms with Gasteiger partial charge in [-0.25, -0.2) is 17.5 Å². The van der Waals surface area contributed by atoms with Gasteiger partial charge in [0.25, 0.3) is 0 Å². The quantitative estimate of drug-likeness (QED) is 0.780. The molecule has 1 atom stereocenters. The van der Waals surface area contributed by atoms with E-state index in [1.807, 2.05) is 0 Å². The maximum absolute atomic E-state index is 12.5. The summed E-state index contributed by atoms with van der Waals surface area (Å²) in [5, 5.41) is 2.96. The van der Waals surface area contributed by atoms with E-state index in [2.05, 4.69) is 5.32 Å². The highest BCUT2D eigenvalue weighted by atomic mass is 35.5. The third kappa shape index (κ3) is 5.17. The standard InChI is InChI=1S/C16H21ClN2O5S/c1-3-24-16(21)13-9-12(6-7-14(13)17)18-15(20)11-5-4-8-19(10-11)25(2,22)23/h6-7,9,11H,3-5,8,10H2,1-2H3,(H,18,20). The van der Waals surface area contributed by atoms with E-state index in [1.165, 1.54) is 16.4 Å². The van der Waals surface area contributed by atoms with Gasteiger partial charge >= 0.3 is 5.97 Å². The van der Waals surface area contributed by atoms with E-state index < -0.39 is 21.9 Å². The minimum absolute atomic E-state index is 0.156. The predicted molar refractivity (Wildman–Crippen MR) is 95.2 cm³/mol. The summed E-state index contributed by atoms with van der Waals surface area (Å²) < 4.78 is 29.6. The van der Waals surface area contributed by atoms with Gasteiger partial charge in [-0.3, -0.25) is 4.79 Å². The third-order valence-corrected chi connectivity index (χ3v) is 5.55. The number of esters is 1. The average Bonchev–Trinajstić information content (AvgIpc) is 2.56. The summed E-state index contributed by atoms with van der Waals surface area (Å²) >= 11 is 5.99. The molecule has 25 heavy (non-hydrogen) atoms.